The van der Waals surface area contributed by atoms with Crippen molar-refractivity contribution in [3.63, 3.8) is 0 Å². The first-order valence-electron chi connectivity index (χ1n) is 6.49. The molecule has 0 spiro atoms. The van der Waals surface area contributed by atoms with Crippen LogP contribution in [0.25, 0.3) is 0 Å². The average molecular weight is 280 g/mol. The molecule has 0 radical (unpaired) electrons. The number of ether oxygens (including phenoxy) is 2. The monoisotopic (exact) mass is 280 g/mol. The number of benzene rings is 1. The molecule has 1 aromatic carbocycles. The van der Waals surface area contributed by atoms with Gasteiger partial charge in [0.1, 0.15) is 0 Å². The maximum atomic E-state index is 11.6. The van der Waals surface area contributed by atoms with Gasteiger partial charge in [-0.05, 0) is 17.7 Å². The van der Waals surface area contributed by atoms with E-state index in [0.29, 0.717) is 18.0 Å². The standard InChI is InChI=1S/C15H24N2O3/c1-15(2,10-16-14(18)17(3)4)11-7-8-12(19-5)13(9-11)20-6/h7-9H,10H2,1-6H3,(H,16,18). The Morgan fingerprint density at radius 3 is 2.30 bits per heavy atom. The fourth-order valence-corrected chi connectivity index (χ4v) is 1.81. The summed E-state index contributed by atoms with van der Waals surface area (Å²) in [7, 11) is 6.67. The summed E-state index contributed by atoms with van der Waals surface area (Å²) in [5.41, 5.74) is 0.875. The highest BCUT2D eigenvalue weighted by Gasteiger charge is 2.23. The van der Waals surface area contributed by atoms with E-state index in [0.717, 1.165) is 5.56 Å². The molecule has 0 unspecified atom stereocenters. The fourth-order valence-electron chi connectivity index (χ4n) is 1.81. The summed E-state index contributed by atoms with van der Waals surface area (Å²) >= 11 is 0. The maximum Gasteiger partial charge on any atom is 0.316 e. The quantitative estimate of drug-likeness (QED) is 0.900. The van der Waals surface area contributed by atoms with Crippen LogP contribution in [0.15, 0.2) is 18.2 Å². The smallest absolute Gasteiger partial charge is 0.316 e. The Labute approximate surface area is 120 Å². The van der Waals surface area contributed by atoms with Gasteiger partial charge in [-0.25, -0.2) is 4.79 Å². The summed E-state index contributed by atoms with van der Waals surface area (Å²) in [5.74, 6) is 1.39. The van der Waals surface area contributed by atoms with Crippen molar-refractivity contribution in [1.29, 1.82) is 0 Å². The Bertz CT molecular complexity index is 470. The number of hydrogen-bond acceptors (Lipinski definition) is 3. The number of urea groups is 1. The number of methoxy groups -OCH3 is 2. The van der Waals surface area contributed by atoms with E-state index < -0.39 is 0 Å². The number of hydrogen-bond donors (Lipinski definition) is 1. The lowest BCUT2D eigenvalue weighted by Gasteiger charge is -2.27. The van der Waals surface area contributed by atoms with Crippen molar-refractivity contribution >= 4 is 6.03 Å². The molecule has 0 aromatic heterocycles. The molecule has 112 valence electrons. The SMILES string of the molecule is COc1ccc(C(C)(C)CNC(=O)N(C)C)cc1OC. The molecule has 0 heterocycles. The van der Waals surface area contributed by atoms with E-state index in [2.05, 4.69) is 19.2 Å². The molecule has 1 rings (SSSR count). The van der Waals surface area contributed by atoms with E-state index in [1.807, 2.05) is 18.2 Å². The van der Waals surface area contributed by atoms with Gasteiger partial charge in [-0.3, -0.25) is 0 Å². The van der Waals surface area contributed by atoms with Crippen LogP contribution in [0.2, 0.25) is 0 Å². The Balaban J connectivity index is 2.89. The predicted octanol–water partition coefficient (Wildman–Crippen LogP) is 2.25. The molecule has 20 heavy (non-hydrogen) atoms. The van der Waals surface area contributed by atoms with Crippen molar-refractivity contribution in [2.45, 2.75) is 19.3 Å². The lowest BCUT2D eigenvalue weighted by atomic mass is 9.84. The van der Waals surface area contributed by atoms with Gasteiger partial charge in [0.2, 0.25) is 0 Å². The fraction of sp³-hybridized carbons (Fsp3) is 0.533. The normalized spacial score (nSPS) is 10.9. The molecular weight excluding hydrogens is 256 g/mol. The van der Waals surface area contributed by atoms with Crippen LogP contribution in [-0.2, 0) is 5.41 Å². The molecule has 0 saturated heterocycles. The first kappa shape index (κ1) is 16.1. The first-order valence-corrected chi connectivity index (χ1v) is 6.49. The van der Waals surface area contributed by atoms with Crippen molar-refractivity contribution in [3.05, 3.63) is 23.8 Å². The average Bonchev–Trinajstić information content (AvgIpc) is 2.43. The number of carbonyl (C=O) groups excluding carboxylic acids is 1. The van der Waals surface area contributed by atoms with Crippen molar-refractivity contribution in [3.8, 4) is 11.5 Å². The summed E-state index contributed by atoms with van der Waals surface area (Å²) in [4.78, 5) is 13.1. The van der Waals surface area contributed by atoms with Crippen molar-refractivity contribution in [2.75, 3.05) is 34.9 Å². The third kappa shape index (κ3) is 3.79. The molecule has 0 fully saturated rings. The number of nitrogens with zero attached hydrogens (tertiary/aromatic N) is 1. The molecule has 0 bridgehead atoms. The maximum absolute atomic E-state index is 11.6. The second kappa shape index (κ2) is 6.50. The molecule has 5 nitrogen and oxygen atoms in total. The number of nitrogens with one attached hydrogen (secondary N) is 1. The zero-order chi connectivity index (χ0) is 15.3. The molecule has 2 amide bonds. The minimum Gasteiger partial charge on any atom is -0.493 e. The molecule has 0 saturated carbocycles. The van der Waals surface area contributed by atoms with Crippen LogP contribution in [0.1, 0.15) is 19.4 Å². The second-order valence-corrected chi connectivity index (χ2v) is 5.51. The summed E-state index contributed by atoms with van der Waals surface area (Å²) < 4.78 is 10.5. The second-order valence-electron chi connectivity index (χ2n) is 5.51. The van der Waals surface area contributed by atoms with Gasteiger partial charge in [0.15, 0.2) is 11.5 Å². The summed E-state index contributed by atoms with van der Waals surface area (Å²) in [6, 6.07) is 5.71. The van der Waals surface area contributed by atoms with Crippen LogP contribution in [0, 0.1) is 0 Å². The molecule has 0 aliphatic rings. The third-order valence-corrected chi connectivity index (χ3v) is 3.25. The zero-order valence-electron chi connectivity index (χ0n) is 13.1. The minimum atomic E-state index is -0.203. The molecule has 0 atom stereocenters. The molecule has 1 aromatic rings. The Kier molecular flexibility index (Phi) is 5.25. The highest BCUT2D eigenvalue weighted by atomic mass is 16.5. The molecule has 0 aliphatic carbocycles. The van der Waals surface area contributed by atoms with Gasteiger partial charge in [0.25, 0.3) is 0 Å². The topological polar surface area (TPSA) is 50.8 Å². The van der Waals surface area contributed by atoms with Crippen LogP contribution in [0.5, 0.6) is 11.5 Å². The van der Waals surface area contributed by atoms with E-state index in [1.54, 1.807) is 28.3 Å². The van der Waals surface area contributed by atoms with Gasteiger partial charge in [0.05, 0.1) is 14.2 Å². The molecule has 5 heteroatoms. The zero-order valence-corrected chi connectivity index (χ0v) is 13.1. The molecular formula is C15H24N2O3. The Hall–Kier alpha value is -1.91. The van der Waals surface area contributed by atoms with Crippen LogP contribution in [-0.4, -0.2) is 45.8 Å². The van der Waals surface area contributed by atoms with E-state index in [1.165, 1.54) is 4.90 Å². The van der Waals surface area contributed by atoms with Crippen molar-refractivity contribution < 1.29 is 14.3 Å². The number of amides is 2. The van der Waals surface area contributed by atoms with Crippen molar-refractivity contribution in [1.82, 2.24) is 10.2 Å². The van der Waals surface area contributed by atoms with Gasteiger partial charge < -0.3 is 19.7 Å². The van der Waals surface area contributed by atoms with Gasteiger partial charge >= 0.3 is 6.03 Å². The van der Waals surface area contributed by atoms with E-state index >= 15 is 0 Å². The summed E-state index contributed by atoms with van der Waals surface area (Å²) in [5, 5.41) is 2.90. The molecule has 1 N–H and O–H groups in total. The van der Waals surface area contributed by atoms with Crippen LogP contribution in [0.4, 0.5) is 4.79 Å². The van der Waals surface area contributed by atoms with Gasteiger partial charge in [-0.15, -0.1) is 0 Å². The molecule has 0 aliphatic heterocycles. The lowest BCUT2D eigenvalue weighted by molar-refractivity contribution is 0.215. The van der Waals surface area contributed by atoms with E-state index in [9.17, 15) is 4.79 Å². The summed E-state index contributed by atoms with van der Waals surface area (Å²) in [6.07, 6.45) is 0. The highest BCUT2D eigenvalue weighted by molar-refractivity contribution is 5.73. The van der Waals surface area contributed by atoms with Gasteiger partial charge in [-0.2, -0.15) is 0 Å². The van der Waals surface area contributed by atoms with Crippen molar-refractivity contribution in [2.24, 2.45) is 0 Å². The van der Waals surface area contributed by atoms with E-state index in [-0.39, 0.29) is 11.4 Å². The Morgan fingerprint density at radius 1 is 1.20 bits per heavy atom. The van der Waals surface area contributed by atoms with Gasteiger partial charge in [0, 0.05) is 26.1 Å². The predicted molar refractivity (Wildman–Crippen MR) is 79.7 cm³/mol. The highest BCUT2D eigenvalue weighted by Crippen LogP contribution is 2.32. The van der Waals surface area contributed by atoms with Crippen LogP contribution < -0.4 is 14.8 Å². The minimum absolute atomic E-state index is 0.0986. The number of carbonyl (C=O) groups is 1. The van der Waals surface area contributed by atoms with Gasteiger partial charge in [-0.1, -0.05) is 19.9 Å². The third-order valence-electron chi connectivity index (χ3n) is 3.25. The van der Waals surface area contributed by atoms with E-state index in [4.69, 9.17) is 9.47 Å². The lowest BCUT2D eigenvalue weighted by Crippen LogP contribution is -2.41. The summed E-state index contributed by atoms with van der Waals surface area (Å²) in [6.45, 7) is 4.69. The first-order chi connectivity index (χ1) is 9.31. The largest absolute Gasteiger partial charge is 0.493 e. The van der Waals surface area contributed by atoms with Crippen LogP contribution >= 0.6 is 0 Å². The number of rotatable bonds is 5. The van der Waals surface area contributed by atoms with Crippen LogP contribution in [0.3, 0.4) is 0 Å². The Morgan fingerprint density at radius 2 is 1.80 bits per heavy atom.